The van der Waals surface area contributed by atoms with Crippen LogP contribution in [0.1, 0.15) is 76.6 Å². The molecule has 0 saturated carbocycles. The first-order valence-electron chi connectivity index (χ1n) is 25.8. The van der Waals surface area contributed by atoms with Crippen LogP contribution in [0.3, 0.4) is 0 Å². The van der Waals surface area contributed by atoms with Gasteiger partial charge in [0.15, 0.2) is 0 Å². The molecule has 0 unspecified atom stereocenters. The summed E-state index contributed by atoms with van der Waals surface area (Å²) < 4.78 is 7.69. The molecule has 10 aromatic rings. The van der Waals surface area contributed by atoms with E-state index in [4.69, 9.17) is 4.42 Å². The maximum atomic E-state index is 7.69. The second kappa shape index (κ2) is 15.5. The Balaban J connectivity index is 1.16. The van der Waals surface area contributed by atoms with Gasteiger partial charge in [0.2, 0.25) is 0 Å². The molecule has 0 N–H and O–H groups in total. The number of furan rings is 1. The van der Waals surface area contributed by atoms with Crippen LogP contribution in [0.25, 0.3) is 33.2 Å². The van der Waals surface area contributed by atoms with Crippen molar-refractivity contribution in [2.45, 2.75) is 70.6 Å². The van der Waals surface area contributed by atoms with Gasteiger partial charge in [0.25, 0.3) is 6.71 Å². The molecule has 2 aliphatic heterocycles. The van der Waals surface area contributed by atoms with Gasteiger partial charge in [-0.1, -0.05) is 175 Å². The highest BCUT2D eigenvalue weighted by atomic mass is 16.3. The van der Waals surface area contributed by atoms with Crippen LogP contribution in [0, 0.1) is 0 Å². The van der Waals surface area contributed by atoms with Crippen molar-refractivity contribution in [3.63, 3.8) is 0 Å². The number of hydrogen-bond acceptors (Lipinski definition) is 4. The average molecular weight is 930 g/mol. The van der Waals surface area contributed by atoms with E-state index in [9.17, 15) is 0 Å². The maximum absolute atomic E-state index is 7.69. The van der Waals surface area contributed by atoms with E-state index in [1.165, 1.54) is 61.1 Å². The highest BCUT2D eigenvalue weighted by Gasteiger charge is 2.50. The Morgan fingerprint density at radius 1 is 0.444 bits per heavy atom. The fraction of sp³-hybridized carbons (Fsp3) is 0.164. The van der Waals surface area contributed by atoms with Gasteiger partial charge in [0, 0.05) is 50.5 Å². The first-order chi connectivity index (χ1) is 35.0. The van der Waals surface area contributed by atoms with Crippen molar-refractivity contribution in [1.29, 1.82) is 0 Å². The lowest BCUT2D eigenvalue weighted by Gasteiger charge is -2.44. The molecule has 348 valence electrons. The van der Waals surface area contributed by atoms with Crippen LogP contribution < -0.4 is 31.3 Å². The van der Waals surface area contributed by atoms with E-state index in [1.807, 2.05) is 0 Å². The molecule has 0 spiro atoms. The summed E-state index contributed by atoms with van der Waals surface area (Å²) >= 11 is 0. The summed E-state index contributed by atoms with van der Waals surface area (Å²) in [5, 5.41) is 1.16. The Kier molecular flexibility index (Phi) is 9.22. The fourth-order valence-electron chi connectivity index (χ4n) is 13.1. The molecule has 2 aliphatic carbocycles. The number of nitrogens with zero attached hydrogens (tertiary/aromatic N) is 3. The Morgan fingerprint density at radius 3 is 1.67 bits per heavy atom. The van der Waals surface area contributed by atoms with Crippen molar-refractivity contribution >= 4 is 85.5 Å². The smallest absolute Gasteiger partial charge is 0.297 e. The van der Waals surface area contributed by atoms with Crippen molar-refractivity contribution in [3.05, 3.63) is 229 Å². The van der Waals surface area contributed by atoms with E-state index in [-0.39, 0.29) is 23.0 Å². The predicted molar refractivity (Wildman–Crippen MR) is 303 cm³/mol. The highest BCUT2D eigenvalue weighted by molar-refractivity contribution is 7.00. The van der Waals surface area contributed by atoms with E-state index in [0.717, 1.165) is 75.0 Å². The van der Waals surface area contributed by atoms with Gasteiger partial charge in [-0.2, -0.15) is 0 Å². The van der Waals surface area contributed by atoms with Crippen LogP contribution in [0.5, 0.6) is 0 Å². The molecule has 72 heavy (non-hydrogen) atoms. The van der Waals surface area contributed by atoms with Crippen LogP contribution in [0.4, 0.5) is 51.2 Å². The van der Waals surface area contributed by atoms with Gasteiger partial charge in [0.1, 0.15) is 5.58 Å². The van der Waals surface area contributed by atoms with Crippen LogP contribution >= 0.6 is 0 Å². The molecule has 0 atom stereocenters. The Bertz CT molecular complexity index is 3760. The first kappa shape index (κ1) is 42.8. The lowest BCUT2D eigenvalue weighted by atomic mass is 9.35. The van der Waals surface area contributed by atoms with Crippen LogP contribution in [-0.2, 0) is 16.2 Å². The van der Waals surface area contributed by atoms with Gasteiger partial charge in [0.05, 0.1) is 22.7 Å². The predicted octanol–water partition coefficient (Wildman–Crippen LogP) is 16.3. The minimum absolute atomic E-state index is 0.00435. The molecule has 0 amide bonds. The van der Waals surface area contributed by atoms with Crippen molar-refractivity contribution < 1.29 is 4.42 Å². The number of para-hydroxylation sites is 4. The first-order valence-corrected chi connectivity index (χ1v) is 25.8. The number of benzene rings is 9. The number of hydrogen-bond donors (Lipinski definition) is 0. The van der Waals surface area contributed by atoms with Gasteiger partial charge >= 0.3 is 0 Å². The molecule has 0 fully saturated rings. The van der Waals surface area contributed by atoms with Crippen molar-refractivity contribution in [2.75, 3.05) is 14.7 Å². The van der Waals surface area contributed by atoms with Gasteiger partial charge in [-0.05, 0) is 146 Å². The van der Waals surface area contributed by atoms with Crippen LogP contribution in [-0.4, -0.2) is 6.71 Å². The summed E-state index contributed by atoms with van der Waals surface area (Å²) in [7, 11) is 0. The summed E-state index contributed by atoms with van der Waals surface area (Å²) in [6, 6.07) is 76.6. The van der Waals surface area contributed by atoms with Crippen molar-refractivity contribution in [3.8, 4) is 22.3 Å². The quantitative estimate of drug-likeness (QED) is 0.155. The van der Waals surface area contributed by atoms with E-state index in [2.05, 4.69) is 262 Å². The zero-order valence-corrected chi connectivity index (χ0v) is 41.9. The molecule has 14 rings (SSSR count). The molecule has 9 aromatic carbocycles. The second-order valence-corrected chi connectivity index (χ2v) is 22.3. The molecule has 3 heterocycles. The number of fused-ring (bicyclic) bond motifs is 10. The molecule has 4 nitrogen and oxygen atoms in total. The average Bonchev–Trinajstić information content (AvgIpc) is 3.90. The standard InChI is InChI=1S/C67H56BN3O/c1-65(2)35-36-66(3,4)55-42-61-51(39-54(55)65)63-64(72-61)68-56-40-50-49-32-19-21-33-52(49)67(5,6)53(50)41-58(56)71(57-34-22-20-31-48(57)43-23-11-7-12-24-43)60-38-47(37-59(62(60)68)70(63)46-29-17-10-18-30-46)69(44-25-13-8-14-26-44)45-27-15-9-16-28-45/h7-34,37-42H,35-36H2,1-6H3. The summed E-state index contributed by atoms with van der Waals surface area (Å²) in [5.74, 6) is 0. The fourth-order valence-corrected chi connectivity index (χ4v) is 13.1. The van der Waals surface area contributed by atoms with Crippen LogP contribution in [0.15, 0.2) is 211 Å². The Morgan fingerprint density at radius 2 is 1.00 bits per heavy atom. The topological polar surface area (TPSA) is 22.9 Å². The molecule has 4 aliphatic rings. The third kappa shape index (κ3) is 6.19. The zero-order chi connectivity index (χ0) is 48.7. The molecule has 1 aromatic heterocycles. The maximum Gasteiger partial charge on any atom is 0.297 e. The van der Waals surface area contributed by atoms with Crippen molar-refractivity contribution in [2.24, 2.45) is 0 Å². The van der Waals surface area contributed by atoms with E-state index >= 15 is 0 Å². The van der Waals surface area contributed by atoms with Crippen molar-refractivity contribution in [1.82, 2.24) is 0 Å². The minimum atomic E-state index is -0.234. The normalized spacial score (nSPS) is 16.1. The van der Waals surface area contributed by atoms with Gasteiger partial charge in [-0.3, -0.25) is 0 Å². The number of rotatable bonds is 6. The summed E-state index contributed by atoms with van der Waals surface area (Å²) in [5.41, 5.74) is 24.7. The minimum Gasteiger partial charge on any atom is -0.468 e. The third-order valence-corrected chi connectivity index (χ3v) is 16.9. The van der Waals surface area contributed by atoms with E-state index in [1.54, 1.807) is 0 Å². The SMILES string of the molecule is CC1(C)CCC(C)(C)c2cc3c4c(oc3cc21)B1c2cc3c(cc2N(c2ccccc2-c2ccccc2)c2cc(N(c5ccccc5)c5ccccc5)cc(c21)N4c1ccccc1)C(C)(C)c1ccccc1-3. The second-order valence-electron chi connectivity index (χ2n) is 22.3. The Hall–Kier alpha value is -8.02. The van der Waals surface area contributed by atoms with Gasteiger partial charge in [-0.25, -0.2) is 0 Å². The molecule has 0 saturated heterocycles. The molecular formula is C67H56BN3O. The highest BCUT2D eigenvalue weighted by Crippen LogP contribution is 2.56. The molecule has 0 radical (unpaired) electrons. The lowest BCUT2D eigenvalue weighted by Crippen LogP contribution is -2.61. The van der Waals surface area contributed by atoms with E-state index in [0.29, 0.717) is 0 Å². The zero-order valence-electron chi connectivity index (χ0n) is 41.9. The van der Waals surface area contributed by atoms with Gasteiger partial charge < -0.3 is 19.1 Å². The monoisotopic (exact) mass is 929 g/mol. The van der Waals surface area contributed by atoms with Gasteiger partial charge in [-0.15, -0.1) is 0 Å². The third-order valence-electron chi connectivity index (χ3n) is 16.9. The summed E-state index contributed by atoms with van der Waals surface area (Å²) in [6.45, 7) is 14.3. The molecule has 0 bridgehead atoms. The summed E-state index contributed by atoms with van der Waals surface area (Å²) in [6.07, 6.45) is 2.26. The molecular weight excluding hydrogens is 874 g/mol. The largest absolute Gasteiger partial charge is 0.468 e. The van der Waals surface area contributed by atoms with Crippen LogP contribution in [0.2, 0.25) is 0 Å². The Labute approximate surface area is 423 Å². The lowest BCUT2D eigenvalue weighted by molar-refractivity contribution is 0.332. The molecule has 5 heteroatoms. The number of anilines is 9. The summed E-state index contributed by atoms with van der Waals surface area (Å²) in [4.78, 5) is 7.57. The van der Waals surface area contributed by atoms with E-state index < -0.39 is 0 Å².